The van der Waals surface area contributed by atoms with E-state index in [2.05, 4.69) is 10.6 Å². The number of hydrogen-bond acceptors (Lipinski definition) is 2. The van der Waals surface area contributed by atoms with Gasteiger partial charge in [-0.25, -0.2) is 4.39 Å². The summed E-state index contributed by atoms with van der Waals surface area (Å²) in [5.74, 6) is -0.333. The predicted octanol–water partition coefficient (Wildman–Crippen LogP) is 2.77. The van der Waals surface area contributed by atoms with E-state index in [0.717, 1.165) is 22.4 Å². The molecule has 2 N–H and O–H groups in total. The van der Waals surface area contributed by atoms with E-state index in [4.69, 9.17) is 0 Å². The van der Waals surface area contributed by atoms with Gasteiger partial charge in [0, 0.05) is 5.69 Å². The first kappa shape index (κ1) is 12.8. The fourth-order valence-corrected chi connectivity index (χ4v) is 2.49. The quantitative estimate of drug-likeness (QED) is 0.836. The largest absolute Gasteiger partial charge is 0.325 e. The lowest BCUT2D eigenvalue weighted by atomic mass is 9.96. The molecule has 1 atom stereocenters. The summed E-state index contributed by atoms with van der Waals surface area (Å²) in [6.07, 6.45) is 0. The van der Waals surface area contributed by atoms with Gasteiger partial charge in [-0.05, 0) is 36.2 Å². The Morgan fingerprint density at radius 3 is 2.65 bits per heavy atom. The van der Waals surface area contributed by atoms with Crippen molar-refractivity contribution < 1.29 is 9.18 Å². The van der Waals surface area contributed by atoms with E-state index in [9.17, 15) is 9.18 Å². The molecule has 0 saturated heterocycles. The maximum atomic E-state index is 13.1. The monoisotopic (exact) mass is 270 g/mol. The lowest BCUT2D eigenvalue weighted by molar-refractivity contribution is -0.115. The summed E-state index contributed by atoms with van der Waals surface area (Å²) in [5, 5.41) is 6.10. The molecule has 0 radical (unpaired) electrons. The Kier molecular flexibility index (Phi) is 3.24. The van der Waals surface area contributed by atoms with E-state index in [0.29, 0.717) is 0 Å². The molecule has 2 aromatic carbocycles. The topological polar surface area (TPSA) is 41.1 Å². The maximum absolute atomic E-state index is 13.1. The van der Waals surface area contributed by atoms with E-state index < -0.39 is 0 Å². The number of fused-ring (bicyclic) bond motifs is 1. The Morgan fingerprint density at radius 1 is 1.15 bits per heavy atom. The normalized spacial score (nSPS) is 18.1. The first-order valence-corrected chi connectivity index (χ1v) is 6.53. The molecule has 4 heteroatoms. The van der Waals surface area contributed by atoms with E-state index in [1.807, 2.05) is 25.1 Å². The SMILES string of the molecule is Cc1ccc2c(c1)[C@H](c1ccc(F)cc1)NCC(=O)N2. The maximum Gasteiger partial charge on any atom is 0.238 e. The smallest absolute Gasteiger partial charge is 0.238 e. The number of rotatable bonds is 1. The van der Waals surface area contributed by atoms with E-state index in [1.54, 1.807) is 12.1 Å². The zero-order valence-corrected chi connectivity index (χ0v) is 11.1. The van der Waals surface area contributed by atoms with Crippen LogP contribution < -0.4 is 10.6 Å². The summed E-state index contributed by atoms with van der Waals surface area (Å²) in [7, 11) is 0. The highest BCUT2D eigenvalue weighted by Gasteiger charge is 2.22. The number of halogens is 1. The van der Waals surface area contributed by atoms with Crippen LogP contribution in [0.4, 0.5) is 10.1 Å². The number of anilines is 1. The molecular formula is C16H15FN2O. The highest BCUT2D eigenvalue weighted by atomic mass is 19.1. The number of nitrogens with one attached hydrogen (secondary N) is 2. The van der Waals surface area contributed by atoms with Gasteiger partial charge < -0.3 is 5.32 Å². The van der Waals surface area contributed by atoms with Gasteiger partial charge in [0.2, 0.25) is 5.91 Å². The van der Waals surface area contributed by atoms with Gasteiger partial charge in [-0.2, -0.15) is 0 Å². The van der Waals surface area contributed by atoms with Gasteiger partial charge >= 0.3 is 0 Å². The van der Waals surface area contributed by atoms with Crippen LogP contribution in [-0.4, -0.2) is 12.5 Å². The fourth-order valence-electron chi connectivity index (χ4n) is 2.49. The third-order valence-corrected chi connectivity index (χ3v) is 3.46. The zero-order chi connectivity index (χ0) is 14.1. The molecule has 1 heterocycles. The third-order valence-electron chi connectivity index (χ3n) is 3.46. The molecule has 102 valence electrons. The second-order valence-electron chi connectivity index (χ2n) is 5.00. The summed E-state index contributed by atoms with van der Waals surface area (Å²) in [6, 6.07) is 12.2. The molecule has 0 unspecified atom stereocenters. The Bertz CT molecular complexity index is 652. The second-order valence-corrected chi connectivity index (χ2v) is 5.00. The molecule has 20 heavy (non-hydrogen) atoms. The third kappa shape index (κ3) is 2.42. The number of benzene rings is 2. The first-order chi connectivity index (χ1) is 9.63. The van der Waals surface area contributed by atoms with Gasteiger partial charge in [0.1, 0.15) is 5.82 Å². The van der Waals surface area contributed by atoms with Gasteiger partial charge in [0.25, 0.3) is 0 Å². The van der Waals surface area contributed by atoms with E-state index in [1.165, 1.54) is 12.1 Å². The highest BCUT2D eigenvalue weighted by molar-refractivity contribution is 5.94. The Morgan fingerprint density at radius 2 is 1.90 bits per heavy atom. The van der Waals surface area contributed by atoms with Crippen molar-refractivity contribution in [3.05, 3.63) is 65.0 Å². The predicted molar refractivity (Wildman–Crippen MR) is 76.1 cm³/mol. The van der Waals surface area contributed by atoms with Crippen molar-refractivity contribution >= 4 is 11.6 Å². The van der Waals surface area contributed by atoms with E-state index in [-0.39, 0.29) is 24.3 Å². The molecule has 3 rings (SSSR count). The zero-order valence-electron chi connectivity index (χ0n) is 11.1. The van der Waals surface area contributed by atoms with Crippen LogP contribution in [0.5, 0.6) is 0 Å². The summed E-state index contributed by atoms with van der Waals surface area (Å²) in [5.41, 5.74) is 3.87. The van der Waals surface area contributed by atoms with Crippen LogP contribution in [-0.2, 0) is 4.79 Å². The number of hydrogen-bond donors (Lipinski definition) is 2. The minimum Gasteiger partial charge on any atom is -0.325 e. The molecule has 1 amide bonds. The Balaban J connectivity index is 2.09. The molecule has 0 bridgehead atoms. The Labute approximate surface area is 116 Å². The van der Waals surface area contributed by atoms with E-state index >= 15 is 0 Å². The summed E-state index contributed by atoms with van der Waals surface area (Å²) < 4.78 is 13.1. The van der Waals surface area contributed by atoms with Crippen molar-refractivity contribution in [3.63, 3.8) is 0 Å². The van der Waals surface area contributed by atoms with Crippen molar-refractivity contribution in [2.45, 2.75) is 13.0 Å². The molecule has 0 fully saturated rings. The van der Waals surface area contributed by atoms with Crippen molar-refractivity contribution in [2.75, 3.05) is 11.9 Å². The minimum atomic E-state index is -0.263. The van der Waals surface area contributed by atoms with Crippen LogP contribution in [0.15, 0.2) is 42.5 Å². The standard InChI is InChI=1S/C16H15FN2O/c1-10-2-7-14-13(8-10)16(18-9-15(20)19-14)11-3-5-12(17)6-4-11/h2-8,16,18H,9H2,1H3,(H,19,20)/t16-/m0/s1. The highest BCUT2D eigenvalue weighted by Crippen LogP contribution is 2.31. The molecular weight excluding hydrogens is 255 g/mol. The van der Waals surface area contributed by atoms with Crippen molar-refractivity contribution in [3.8, 4) is 0 Å². The van der Waals surface area contributed by atoms with Gasteiger partial charge in [0.05, 0.1) is 12.6 Å². The fraction of sp³-hybridized carbons (Fsp3) is 0.188. The van der Waals surface area contributed by atoms with Gasteiger partial charge in [-0.15, -0.1) is 0 Å². The molecule has 2 aromatic rings. The molecule has 1 aliphatic rings. The lowest BCUT2D eigenvalue weighted by Gasteiger charge is -2.19. The van der Waals surface area contributed by atoms with Crippen LogP contribution in [0.2, 0.25) is 0 Å². The van der Waals surface area contributed by atoms with Gasteiger partial charge in [-0.1, -0.05) is 29.8 Å². The van der Waals surface area contributed by atoms with Crippen LogP contribution in [0.3, 0.4) is 0 Å². The van der Waals surface area contributed by atoms with Gasteiger partial charge in [-0.3, -0.25) is 10.1 Å². The van der Waals surface area contributed by atoms with Crippen LogP contribution >= 0.6 is 0 Å². The average molecular weight is 270 g/mol. The average Bonchev–Trinajstić information content (AvgIpc) is 2.58. The van der Waals surface area contributed by atoms with Crippen molar-refractivity contribution in [1.82, 2.24) is 5.32 Å². The number of amides is 1. The molecule has 0 spiro atoms. The van der Waals surface area contributed by atoms with Crippen LogP contribution in [0.25, 0.3) is 0 Å². The van der Waals surface area contributed by atoms with Crippen LogP contribution in [0, 0.1) is 12.7 Å². The minimum absolute atomic E-state index is 0.0697. The first-order valence-electron chi connectivity index (χ1n) is 6.53. The second kappa shape index (κ2) is 5.06. The van der Waals surface area contributed by atoms with Crippen molar-refractivity contribution in [1.29, 1.82) is 0 Å². The molecule has 0 saturated carbocycles. The number of carbonyl (C=O) groups excluding carboxylic acids is 1. The van der Waals surface area contributed by atoms with Gasteiger partial charge in [0.15, 0.2) is 0 Å². The Hall–Kier alpha value is -2.20. The molecule has 1 aliphatic heterocycles. The van der Waals surface area contributed by atoms with Crippen molar-refractivity contribution in [2.24, 2.45) is 0 Å². The summed E-state index contributed by atoms with van der Waals surface area (Å²) >= 11 is 0. The lowest BCUT2D eigenvalue weighted by Crippen LogP contribution is -2.27. The molecule has 0 aliphatic carbocycles. The van der Waals surface area contributed by atoms with Crippen LogP contribution in [0.1, 0.15) is 22.7 Å². The molecule has 3 nitrogen and oxygen atoms in total. The number of aryl methyl sites for hydroxylation is 1. The number of carbonyl (C=O) groups is 1. The summed E-state index contributed by atoms with van der Waals surface area (Å²) in [6.45, 7) is 2.24. The summed E-state index contributed by atoms with van der Waals surface area (Å²) in [4.78, 5) is 11.7. The molecule has 0 aromatic heterocycles.